The summed E-state index contributed by atoms with van der Waals surface area (Å²) < 4.78 is 12.0. The molecule has 27 heavy (non-hydrogen) atoms. The van der Waals surface area contributed by atoms with Crippen molar-refractivity contribution in [2.45, 2.75) is 6.92 Å². The Morgan fingerprint density at radius 1 is 0.889 bits per heavy atom. The molecule has 1 heterocycles. The number of aromatic nitrogens is 1. The van der Waals surface area contributed by atoms with E-state index in [9.17, 15) is 14.4 Å². The van der Waals surface area contributed by atoms with Crippen LogP contribution in [0.3, 0.4) is 0 Å². The van der Waals surface area contributed by atoms with Crippen LogP contribution in [0.15, 0.2) is 35.1 Å². The highest BCUT2D eigenvalue weighted by atomic mass is 16.5. The molecule has 0 spiro atoms. The summed E-state index contributed by atoms with van der Waals surface area (Å²) >= 11 is 0. The van der Waals surface area contributed by atoms with Crippen LogP contribution in [-0.4, -0.2) is 30.4 Å². The molecule has 0 atom stereocenters. The minimum Gasteiger partial charge on any atom is -0.496 e. The Bertz CT molecular complexity index is 1220. The van der Waals surface area contributed by atoms with Crippen LogP contribution in [0, 0.1) is 6.92 Å². The Hall–Kier alpha value is -3.41. The van der Waals surface area contributed by atoms with E-state index in [4.69, 9.17) is 9.47 Å². The van der Waals surface area contributed by atoms with Gasteiger partial charge in [-0.3, -0.25) is 14.4 Å². The molecule has 0 aliphatic heterocycles. The van der Waals surface area contributed by atoms with Crippen LogP contribution in [0.5, 0.6) is 11.5 Å². The number of nitrogens with zero attached hydrogens (tertiary/aromatic N) is 1. The molecule has 6 nitrogen and oxygen atoms in total. The number of carbonyl (C=O) groups excluding carboxylic acids is 2. The van der Waals surface area contributed by atoms with Gasteiger partial charge in [-0.25, -0.2) is 0 Å². The van der Waals surface area contributed by atoms with E-state index in [1.165, 1.54) is 25.8 Å². The molecule has 0 radical (unpaired) electrons. The summed E-state index contributed by atoms with van der Waals surface area (Å²) in [6, 6.07) is 8.34. The largest absolute Gasteiger partial charge is 0.496 e. The van der Waals surface area contributed by atoms with Gasteiger partial charge in [0.2, 0.25) is 5.78 Å². The lowest BCUT2D eigenvalue weighted by Crippen LogP contribution is -2.32. The van der Waals surface area contributed by atoms with Gasteiger partial charge in [-0.2, -0.15) is 0 Å². The molecule has 136 valence electrons. The second-order valence-electron chi connectivity index (χ2n) is 6.52. The molecule has 0 bridgehead atoms. The summed E-state index contributed by atoms with van der Waals surface area (Å²) in [6.07, 6.45) is 0. The van der Waals surface area contributed by atoms with Crippen LogP contribution in [0.4, 0.5) is 0 Å². The number of ether oxygens (including phenoxy) is 2. The lowest BCUT2D eigenvalue weighted by atomic mass is 9.83. The molecular formula is C21H17NO5. The molecule has 3 aromatic rings. The lowest BCUT2D eigenvalue weighted by Gasteiger charge is -2.23. The summed E-state index contributed by atoms with van der Waals surface area (Å²) in [5, 5.41) is 0.716. The van der Waals surface area contributed by atoms with Crippen molar-refractivity contribution in [2.75, 3.05) is 14.2 Å². The predicted octanol–water partition coefficient (Wildman–Crippen LogP) is 2.64. The number of benzene rings is 2. The molecule has 0 unspecified atom stereocenters. The smallest absolute Gasteiger partial charge is 0.258 e. The normalized spacial score (nSPS) is 12.7. The van der Waals surface area contributed by atoms with Crippen molar-refractivity contribution in [1.29, 1.82) is 0 Å². The van der Waals surface area contributed by atoms with E-state index < -0.39 is 5.78 Å². The monoisotopic (exact) mass is 363 g/mol. The van der Waals surface area contributed by atoms with E-state index >= 15 is 0 Å². The van der Waals surface area contributed by atoms with Crippen LogP contribution >= 0.6 is 0 Å². The summed E-state index contributed by atoms with van der Waals surface area (Å²) in [5.74, 6) is -0.0474. The third-order valence-corrected chi connectivity index (χ3v) is 4.98. The van der Waals surface area contributed by atoms with Crippen molar-refractivity contribution < 1.29 is 19.1 Å². The maximum atomic E-state index is 13.4. The Morgan fingerprint density at radius 2 is 1.59 bits per heavy atom. The fourth-order valence-corrected chi connectivity index (χ4v) is 3.77. The fourth-order valence-electron chi connectivity index (χ4n) is 3.77. The third-order valence-electron chi connectivity index (χ3n) is 4.98. The molecule has 6 heteroatoms. The molecule has 0 fully saturated rings. The predicted molar refractivity (Wildman–Crippen MR) is 100 cm³/mol. The number of methoxy groups -OCH3 is 2. The molecule has 0 amide bonds. The Labute approximate surface area is 154 Å². The quantitative estimate of drug-likeness (QED) is 0.547. The molecule has 1 aromatic heterocycles. The van der Waals surface area contributed by atoms with Crippen molar-refractivity contribution in [3.8, 4) is 11.5 Å². The topological polar surface area (TPSA) is 74.6 Å². The van der Waals surface area contributed by atoms with E-state index in [2.05, 4.69) is 0 Å². The zero-order chi connectivity index (χ0) is 19.5. The van der Waals surface area contributed by atoms with Gasteiger partial charge in [0, 0.05) is 18.0 Å². The number of pyridine rings is 1. The lowest BCUT2D eigenvalue weighted by molar-refractivity contribution is 0.0970. The highest BCUT2D eigenvalue weighted by molar-refractivity contribution is 6.32. The number of rotatable bonds is 2. The fraction of sp³-hybridized carbons (Fsp3) is 0.190. The minimum absolute atomic E-state index is 0.0525. The number of aryl methyl sites for hydroxylation is 1. The van der Waals surface area contributed by atoms with Crippen LogP contribution in [0.25, 0.3) is 10.8 Å². The van der Waals surface area contributed by atoms with Crippen LogP contribution in [0.2, 0.25) is 0 Å². The van der Waals surface area contributed by atoms with Crippen molar-refractivity contribution in [3.05, 3.63) is 68.6 Å². The molecule has 1 aliphatic carbocycles. The van der Waals surface area contributed by atoms with E-state index in [0.717, 1.165) is 5.56 Å². The first-order valence-corrected chi connectivity index (χ1v) is 8.38. The van der Waals surface area contributed by atoms with Gasteiger partial charge >= 0.3 is 0 Å². The van der Waals surface area contributed by atoms with Gasteiger partial charge < -0.3 is 14.0 Å². The zero-order valence-electron chi connectivity index (χ0n) is 15.4. The maximum absolute atomic E-state index is 13.4. The molecule has 0 saturated carbocycles. The molecule has 1 aliphatic rings. The molecule has 0 N–H and O–H groups in total. The molecule has 4 rings (SSSR count). The Balaban J connectivity index is 2.24. The van der Waals surface area contributed by atoms with Gasteiger partial charge in [0.05, 0.1) is 30.7 Å². The highest BCUT2D eigenvalue weighted by Gasteiger charge is 2.37. The zero-order valence-corrected chi connectivity index (χ0v) is 15.4. The Kier molecular flexibility index (Phi) is 3.66. The summed E-state index contributed by atoms with van der Waals surface area (Å²) in [5.41, 5.74) is 1.15. The van der Waals surface area contributed by atoms with Gasteiger partial charge in [-0.15, -0.1) is 0 Å². The summed E-state index contributed by atoms with van der Waals surface area (Å²) in [7, 11) is 4.42. The molecular weight excluding hydrogens is 346 g/mol. The summed E-state index contributed by atoms with van der Waals surface area (Å²) in [4.78, 5) is 39.6. The van der Waals surface area contributed by atoms with Crippen molar-refractivity contribution in [2.24, 2.45) is 7.05 Å². The average molecular weight is 363 g/mol. The van der Waals surface area contributed by atoms with Crippen LogP contribution < -0.4 is 15.0 Å². The molecule has 2 aromatic carbocycles. The first kappa shape index (κ1) is 17.0. The standard InChI is InChI=1S/C21H17NO5/c1-10-8-12-15(14(9-10)27-4)17-18(22(2)21(12)25)20(24)16-11(19(17)23)6-5-7-13(16)26-3/h5-9H,1-4H3. The first-order valence-electron chi connectivity index (χ1n) is 8.38. The first-order chi connectivity index (χ1) is 12.9. The third kappa shape index (κ3) is 2.16. The maximum Gasteiger partial charge on any atom is 0.258 e. The number of carbonyl (C=O) groups is 2. The average Bonchev–Trinajstić information content (AvgIpc) is 2.67. The highest BCUT2D eigenvalue weighted by Crippen LogP contribution is 2.38. The second kappa shape index (κ2) is 5.81. The van der Waals surface area contributed by atoms with Crippen molar-refractivity contribution in [3.63, 3.8) is 0 Å². The van der Waals surface area contributed by atoms with E-state index in [0.29, 0.717) is 22.3 Å². The Morgan fingerprint density at radius 3 is 2.26 bits per heavy atom. The van der Waals surface area contributed by atoms with E-state index in [-0.39, 0.29) is 33.7 Å². The second-order valence-corrected chi connectivity index (χ2v) is 6.52. The summed E-state index contributed by atoms with van der Waals surface area (Å²) in [6.45, 7) is 1.84. The van der Waals surface area contributed by atoms with Gasteiger partial charge in [0.1, 0.15) is 17.2 Å². The van der Waals surface area contributed by atoms with Crippen molar-refractivity contribution in [1.82, 2.24) is 4.57 Å². The number of ketones is 2. The SMILES string of the molecule is COc1cccc2c1C(=O)c1c(c3c(OC)cc(C)cc3c(=O)n1C)C2=O. The van der Waals surface area contributed by atoms with Crippen LogP contribution in [0.1, 0.15) is 37.5 Å². The van der Waals surface area contributed by atoms with E-state index in [1.807, 2.05) is 6.92 Å². The van der Waals surface area contributed by atoms with Gasteiger partial charge in [-0.1, -0.05) is 12.1 Å². The van der Waals surface area contributed by atoms with Gasteiger partial charge in [-0.05, 0) is 30.7 Å². The van der Waals surface area contributed by atoms with E-state index in [1.54, 1.807) is 30.3 Å². The number of hydrogen-bond donors (Lipinski definition) is 0. The minimum atomic E-state index is -0.416. The molecule has 0 saturated heterocycles. The van der Waals surface area contributed by atoms with Gasteiger partial charge in [0.25, 0.3) is 5.56 Å². The van der Waals surface area contributed by atoms with Crippen molar-refractivity contribution >= 4 is 22.3 Å². The number of hydrogen-bond acceptors (Lipinski definition) is 5. The van der Waals surface area contributed by atoms with Crippen LogP contribution in [-0.2, 0) is 7.05 Å². The van der Waals surface area contributed by atoms with Gasteiger partial charge in [0.15, 0.2) is 5.78 Å². The number of fused-ring (bicyclic) bond motifs is 4.